The molecular weight excluding hydrogens is 275 g/mol. The molecule has 1 aliphatic heterocycles. The second-order valence-corrected chi connectivity index (χ2v) is 4.69. The number of hydrogen-bond donors (Lipinski definition) is 1. The summed E-state index contributed by atoms with van der Waals surface area (Å²) in [5, 5.41) is 9.20. The zero-order chi connectivity index (χ0) is 14.9. The number of ether oxygens (including phenoxy) is 1. The summed E-state index contributed by atoms with van der Waals surface area (Å²) in [7, 11) is 0. The van der Waals surface area contributed by atoms with E-state index in [1.807, 2.05) is 0 Å². The van der Waals surface area contributed by atoms with E-state index in [9.17, 15) is 23.1 Å². The van der Waals surface area contributed by atoms with Crippen LogP contribution in [0, 0.1) is 0 Å². The zero-order valence-electron chi connectivity index (χ0n) is 10.8. The monoisotopic (exact) mass is 289 g/mol. The molecule has 1 aliphatic rings. The topological polar surface area (TPSA) is 49.8 Å². The number of rotatable bonds is 3. The van der Waals surface area contributed by atoms with Crippen molar-refractivity contribution in [1.82, 2.24) is 4.90 Å². The van der Waals surface area contributed by atoms with Gasteiger partial charge in [-0.1, -0.05) is 6.07 Å². The Morgan fingerprint density at radius 2 is 2.10 bits per heavy atom. The number of halogens is 3. The van der Waals surface area contributed by atoms with Crippen LogP contribution in [0.1, 0.15) is 23.6 Å². The molecule has 1 aromatic rings. The Morgan fingerprint density at radius 1 is 1.40 bits per heavy atom. The van der Waals surface area contributed by atoms with Crippen molar-refractivity contribution in [2.75, 3.05) is 6.61 Å². The van der Waals surface area contributed by atoms with Crippen LogP contribution in [0.3, 0.4) is 0 Å². The maximum atomic E-state index is 12.7. The molecule has 1 saturated heterocycles. The van der Waals surface area contributed by atoms with Crippen LogP contribution in [0.4, 0.5) is 18.0 Å². The lowest BCUT2D eigenvalue weighted by Gasteiger charge is -2.20. The molecule has 1 heterocycles. The lowest BCUT2D eigenvalue weighted by atomic mass is 10.0. The third-order valence-corrected chi connectivity index (χ3v) is 3.26. The molecule has 1 N–H and O–H groups in total. The lowest BCUT2D eigenvalue weighted by Crippen LogP contribution is -2.31. The summed E-state index contributed by atoms with van der Waals surface area (Å²) < 4.78 is 42.9. The van der Waals surface area contributed by atoms with Gasteiger partial charge in [-0.05, 0) is 30.2 Å². The molecule has 0 saturated carbocycles. The quantitative estimate of drug-likeness (QED) is 0.930. The number of nitrogens with zero attached hydrogens (tertiary/aromatic N) is 1. The first-order chi connectivity index (χ1) is 9.32. The van der Waals surface area contributed by atoms with Gasteiger partial charge in [0.2, 0.25) is 0 Å². The van der Waals surface area contributed by atoms with E-state index in [4.69, 9.17) is 4.74 Å². The standard InChI is InChI=1S/C13H14F3NO3/c1-8-7-20-12(19)17(8)5-10-4-11(13(14,15)16)3-2-9(10)6-18/h2-4,8,18H,5-7H2,1H3. The molecular formula is C13H14F3NO3. The number of aliphatic hydroxyl groups is 1. The van der Waals surface area contributed by atoms with Crippen molar-refractivity contribution < 1.29 is 27.8 Å². The van der Waals surface area contributed by atoms with Gasteiger partial charge in [0, 0.05) is 6.54 Å². The minimum absolute atomic E-state index is 0.0141. The van der Waals surface area contributed by atoms with Crippen LogP contribution in [0.15, 0.2) is 18.2 Å². The Morgan fingerprint density at radius 3 is 2.60 bits per heavy atom. The average molecular weight is 289 g/mol. The van der Waals surface area contributed by atoms with Crippen LogP contribution in [-0.2, 0) is 24.1 Å². The number of amides is 1. The van der Waals surface area contributed by atoms with Gasteiger partial charge in [0.15, 0.2) is 0 Å². The predicted molar refractivity (Wildman–Crippen MR) is 63.7 cm³/mol. The number of cyclic esters (lactones) is 1. The molecule has 0 aliphatic carbocycles. The summed E-state index contributed by atoms with van der Waals surface area (Å²) in [5.74, 6) is 0. The minimum Gasteiger partial charge on any atom is -0.447 e. The highest BCUT2D eigenvalue weighted by Gasteiger charge is 2.33. The fourth-order valence-electron chi connectivity index (χ4n) is 2.05. The SMILES string of the molecule is CC1COC(=O)N1Cc1cc(C(F)(F)F)ccc1CO. The molecule has 1 amide bonds. The minimum atomic E-state index is -4.46. The highest BCUT2D eigenvalue weighted by molar-refractivity contribution is 5.70. The van der Waals surface area contributed by atoms with Crippen LogP contribution < -0.4 is 0 Å². The Kier molecular flexibility index (Phi) is 3.89. The Bertz CT molecular complexity index is 516. The number of alkyl halides is 3. The van der Waals surface area contributed by atoms with E-state index >= 15 is 0 Å². The summed E-state index contributed by atoms with van der Waals surface area (Å²) in [5.41, 5.74) is -0.164. The van der Waals surface area contributed by atoms with Gasteiger partial charge >= 0.3 is 12.3 Å². The molecule has 0 spiro atoms. The van der Waals surface area contributed by atoms with Crippen molar-refractivity contribution >= 4 is 6.09 Å². The summed E-state index contributed by atoms with van der Waals surface area (Å²) >= 11 is 0. The molecule has 0 aromatic heterocycles. The first-order valence-electron chi connectivity index (χ1n) is 6.06. The highest BCUT2D eigenvalue weighted by atomic mass is 19.4. The molecule has 110 valence electrons. The molecule has 1 aromatic carbocycles. The van der Waals surface area contributed by atoms with Gasteiger partial charge in [-0.2, -0.15) is 13.2 Å². The van der Waals surface area contributed by atoms with Gasteiger partial charge in [-0.15, -0.1) is 0 Å². The molecule has 2 rings (SSSR count). The predicted octanol–water partition coefficient (Wildman–Crippen LogP) is 2.54. The summed E-state index contributed by atoms with van der Waals surface area (Å²) in [4.78, 5) is 12.8. The molecule has 0 bridgehead atoms. The fraction of sp³-hybridized carbons (Fsp3) is 0.462. The first-order valence-corrected chi connectivity index (χ1v) is 6.06. The van der Waals surface area contributed by atoms with Crippen LogP contribution in [-0.4, -0.2) is 28.7 Å². The number of carbonyl (C=O) groups excluding carboxylic acids is 1. The van der Waals surface area contributed by atoms with E-state index in [1.165, 1.54) is 11.0 Å². The van der Waals surface area contributed by atoms with E-state index < -0.39 is 17.8 Å². The second-order valence-electron chi connectivity index (χ2n) is 4.69. The van der Waals surface area contributed by atoms with Crippen molar-refractivity contribution in [2.24, 2.45) is 0 Å². The summed E-state index contributed by atoms with van der Waals surface area (Å²) in [6.45, 7) is 1.56. The Labute approximate surface area is 113 Å². The van der Waals surface area contributed by atoms with E-state index in [2.05, 4.69) is 0 Å². The van der Waals surface area contributed by atoms with Crippen LogP contribution >= 0.6 is 0 Å². The maximum Gasteiger partial charge on any atom is 0.416 e. The molecule has 7 heteroatoms. The van der Waals surface area contributed by atoms with Crippen molar-refractivity contribution in [1.29, 1.82) is 0 Å². The Hall–Kier alpha value is -1.76. The van der Waals surface area contributed by atoms with Crippen molar-refractivity contribution in [3.05, 3.63) is 34.9 Å². The van der Waals surface area contributed by atoms with Gasteiger partial charge in [-0.3, -0.25) is 4.90 Å². The molecule has 1 atom stereocenters. The first kappa shape index (κ1) is 14.6. The second kappa shape index (κ2) is 5.32. The van der Waals surface area contributed by atoms with E-state index in [0.717, 1.165) is 12.1 Å². The molecule has 4 nitrogen and oxygen atoms in total. The van der Waals surface area contributed by atoms with Gasteiger partial charge in [-0.25, -0.2) is 4.79 Å². The van der Waals surface area contributed by atoms with Gasteiger partial charge in [0.05, 0.1) is 18.2 Å². The molecule has 20 heavy (non-hydrogen) atoms. The molecule has 0 radical (unpaired) electrons. The van der Waals surface area contributed by atoms with E-state index in [1.54, 1.807) is 6.92 Å². The maximum absolute atomic E-state index is 12.7. The third kappa shape index (κ3) is 2.87. The van der Waals surface area contributed by atoms with Crippen molar-refractivity contribution in [2.45, 2.75) is 32.3 Å². The fourth-order valence-corrected chi connectivity index (χ4v) is 2.05. The highest BCUT2D eigenvalue weighted by Crippen LogP contribution is 2.31. The van der Waals surface area contributed by atoms with Gasteiger partial charge < -0.3 is 9.84 Å². The third-order valence-electron chi connectivity index (χ3n) is 3.26. The largest absolute Gasteiger partial charge is 0.447 e. The van der Waals surface area contributed by atoms with Crippen LogP contribution in [0.2, 0.25) is 0 Å². The summed E-state index contributed by atoms with van der Waals surface area (Å²) in [6, 6.07) is 2.90. The number of carbonyl (C=O) groups is 1. The number of hydrogen-bond acceptors (Lipinski definition) is 3. The van der Waals surface area contributed by atoms with Crippen LogP contribution in [0.25, 0.3) is 0 Å². The van der Waals surface area contributed by atoms with E-state index in [-0.39, 0.29) is 31.4 Å². The summed E-state index contributed by atoms with van der Waals surface area (Å²) in [6.07, 6.45) is -5.02. The molecule has 1 unspecified atom stereocenters. The Balaban J connectivity index is 2.31. The number of benzene rings is 1. The van der Waals surface area contributed by atoms with Crippen molar-refractivity contribution in [3.63, 3.8) is 0 Å². The van der Waals surface area contributed by atoms with Crippen LogP contribution in [0.5, 0.6) is 0 Å². The van der Waals surface area contributed by atoms with Crippen molar-refractivity contribution in [3.8, 4) is 0 Å². The van der Waals surface area contributed by atoms with Gasteiger partial charge in [0.25, 0.3) is 0 Å². The lowest BCUT2D eigenvalue weighted by molar-refractivity contribution is -0.137. The van der Waals surface area contributed by atoms with E-state index in [0.29, 0.717) is 5.56 Å². The normalized spacial score (nSPS) is 19.4. The number of aliphatic hydroxyl groups excluding tert-OH is 1. The van der Waals surface area contributed by atoms with Gasteiger partial charge in [0.1, 0.15) is 6.61 Å². The zero-order valence-corrected chi connectivity index (χ0v) is 10.8. The molecule has 1 fully saturated rings. The smallest absolute Gasteiger partial charge is 0.416 e. The average Bonchev–Trinajstić information content (AvgIpc) is 2.69.